The summed E-state index contributed by atoms with van der Waals surface area (Å²) >= 11 is 0. The van der Waals surface area contributed by atoms with E-state index in [1.54, 1.807) is 6.20 Å². The predicted molar refractivity (Wildman–Crippen MR) is 72.4 cm³/mol. The van der Waals surface area contributed by atoms with Crippen molar-refractivity contribution >= 4 is 0 Å². The molecule has 0 bridgehead atoms. The van der Waals surface area contributed by atoms with Gasteiger partial charge < -0.3 is 4.42 Å². The number of hydrogen-bond donors (Lipinski definition) is 1. The number of benzene rings is 1. The van der Waals surface area contributed by atoms with Crippen LogP contribution in [0.4, 0.5) is 0 Å². The maximum Gasteiger partial charge on any atom is 0.211 e. The zero-order valence-corrected chi connectivity index (χ0v) is 11.4. The average Bonchev–Trinajstić information content (AvgIpc) is 2.76. The highest BCUT2D eigenvalue weighted by Crippen LogP contribution is 2.21. The van der Waals surface area contributed by atoms with Crippen molar-refractivity contribution in [3.63, 3.8) is 0 Å². The maximum atomic E-state index is 5.54. The Balaban J connectivity index is 2.08. The van der Waals surface area contributed by atoms with Gasteiger partial charge in [0.05, 0.1) is 12.2 Å². The van der Waals surface area contributed by atoms with E-state index in [4.69, 9.17) is 4.42 Å². The largest absolute Gasteiger partial charge is 0.444 e. The zero-order chi connectivity index (χ0) is 13.1. The quantitative estimate of drug-likeness (QED) is 0.891. The van der Waals surface area contributed by atoms with E-state index in [2.05, 4.69) is 55.3 Å². The number of aromatic nitrogens is 1. The van der Waals surface area contributed by atoms with E-state index in [1.807, 2.05) is 6.92 Å². The van der Waals surface area contributed by atoms with E-state index in [-0.39, 0.29) is 12.1 Å². The molecule has 0 spiro atoms. The first-order valence-corrected chi connectivity index (χ1v) is 6.32. The van der Waals surface area contributed by atoms with Gasteiger partial charge in [0.15, 0.2) is 0 Å². The molecule has 0 fully saturated rings. The second-order valence-electron chi connectivity index (χ2n) is 4.78. The summed E-state index contributed by atoms with van der Waals surface area (Å²) in [6.07, 6.45) is 1.76. The lowest BCUT2D eigenvalue weighted by atomic mass is 10.0. The fourth-order valence-electron chi connectivity index (χ4n) is 2.18. The van der Waals surface area contributed by atoms with Crippen molar-refractivity contribution in [1.82, 2.24) is 10.3 Å². The van der Waals surface area contributed by atoms with Crippen LogP contribution < -0.4 is 5.32 Å². The fraction of sp³-hybridized carbons (Fsp3) is 0.400. The molecule has 0 aliphatic carbocycles. The van der Waals surface area contributed by atoms with Gasteiger partial charge >= 0.3 is 0 Å². The second kappa shape index (κ2) is 5.36. The van der Waals surface area contributed by atoms with Crippen molar-refractivity contribution in [2.75, 3.05) is 0 Å². The summed E-state index contributed by atoms with van der Waals surface area (Å²) < 4.78 is 5.54. The summed E-state index contributed by atoms with van der Waals surface area (Å²) in [6, 6.07) is 8.79. The molecule has 0 radical (unpaired) electrons. The molecule has 1 aromatic carbocycles. The van der Waals surface area contributed by atoms with Crippen molar-refractivity contribution < 1.29 is 4.42 Å². The maximum absolute atomic E-state index is 5.54. The van der Waals surface area contributed by atoms with Crippen LogP contribution in [0.2, 0.25) is 0 Å². The molecular weight excluding hydrogens is 224 g/mol. The van der Waals surface area contributed by atoms with Gasteiger partial charge in [0.2, 0.25) is 5.89 Å². The third kappa shape index (κ3) is 2.79. The molecule has 2 atom stereocenters. The SMILES string of the molecule is Cc1cnc(C(C)NC(C)c2ccccc2C)o1. The molecule has 0 saturated heterocycles. The summed E-state index contributed by atoms with van der Waals surface area (Å²) in [4.78, 5) is 4.26. The molecule has 0 aliphatic heterocycles. The molecule has 0 saturated carbocycles. The lowest BCUT2D eigenvalue weighted by Crippen LogP contribution is -2.23. The summed E-state index contributed by atoms with van der Waals surface area (Å²) in [5.74, 6) is 1.59. The zero-order valence-electron chi connectivity index (χ0n) is 11.4. The minimum Gasteiger partial charge on any atom is -0.444 e. The highest BCUT2D eigenvalue weighted by molar-refractivity contribution is 5.28. The molecule has 3 nitrogen and oxygen atoms in total. The van der Waals surface area contributed by atoms with Crippen molar-refractivity contribution in [1.29, 1.82) is 0 Å². The summed E-state index contributed by atoms with van der Waals surface area (Å²) in [7, 11) is 0. The van der Waals surface area contributed by atoms with E-state index < -0.39 is 0 Å². The number of nitrogens with zero attached hydrogens (tertiary/aromatic N) is 1. The van der Waals surface area contributed by atoms with Crippen LogP contribution in [0, 0.1) is 13.8 Å². The first-order chi connectivity index (χ1) is 8.58. The van der Waals surface area contributed by atoms with Crippen LogP contribution >= 0.6 is 0 Å². The van der Waals surface area contributed by atoms with E-state index >= 15 is 0 Å². The van der Waals surface area contributed by atoms with Crippen LogP contribution in [-0.2, 0) is 0 Å². The predicted octanol–water partition coefficient (Wildman–Crippen LogP) is 3.70. The molecule has 1 aromatic heterocycles. The van der Waals surface area contributed by atoms with Gasteiger partial charge in [0.1, 0.15) is 5.76 Å². The van der Waals surface area contributed by atoms with Crippen molar-refractivity contribution in [2.24, 2.45) is 0 Å². The van der Waals surface area contributed by atoms with Crippen molar-refractivity contribution in [3.8, 4) is 0 Å². The Kier molecular flexibility index (Phi) is 3.82. The Morgan fingerprint density at radius 2 is 1.83 bits per heavy atom. The van der Waals surface area contributed by atoms with Gasteiger partial charge in [-0.05, 0) is 38.8 Å². The average molecular weight is 244 g/mol. The molecule has 0 amide bonds. The smallest absolute Gasteiger partial charge is 0.211 e. The van der Waals surface area contributed by atoms with Gasteiger partial charge in [-0.3, -0.25) is 5.32 Å². The second-order valence-corrected chi connectivity index (χ2v) is 4.78. The summed E-state index contributed by atoms with van der Waals surface area (Å²) in [6.45, 7) is 8.27. The molecule has 2 aromatic rings. The first kappa shape index (κ1) is 12.8. The van der Waals surface area contributed by atoms with Gasteiger partial charge in [-0.2, -0.15) is 0 Å². The highest BCUT2D eigenvalue weighted by Gasteiger charge is 2.15. The Labute approximate surface area is 108 Å². The van der Waals surface area contributed by atoms with Gasteiger partial charge in [-0.15, -0.1) is 0 Å². The van der Waals surface area contributed by atoms with E-state index in [0.717, 1.165) is 11.7 Å². The Morgan fingerprint density at radius 1 is 1.11 bits per heavy atom. The molecule has 0 aliphatic rings. The Hall–Kier alpha value is -1.61. The van der Waals surface area contributed by atoms with Gasteiger partial charge in [-0.25, -0.2) is 4.98 Å². The summed E-state index contributed by atoms with van der Waals surface area (Å²) in [5, 5.41) is 3.51. The van der Waals surface area contributed by atoms with Crippen LogP contribution in [0.25, 0.3) is 0 Å². The highest BCUT2D eigenvalue weighted by atomic mass is 16.4. The monoisotopic (exact) mass is 244 g/mol. The standard InChI is InChI=1S/C15H20N2O/c1-10-7-5-6-8-14(10)12(3)17-13(4)15-16-9-11(2)18-15/h5-9,12-13,17H,1-4H3. The van der Waals surface area contributed by atoms with Crippen molar-refractivity contribution in [3.05, 3.63) is 53.2 Å². The van der Waals surface area contributed by atoms with Crippen LogP contribution in [0.5, 0.6) is 0 Å². The third-order valence-corrected chi connectivity index (χ3v) is 3.16. The topological polar surface area (TPSA) is 38.1 Å². The molecule has 1 heterocycles. The number of nitrogens with one attached hydrogen (secondary N) is 1. The van der Waals surface area contributed by atoms with Crippen LogP contribution in [0.1, 0.15) is 48.7 Å². The fourth-order valence-corrected chi connectivity index (χ4v) is 2.18. The van der Waals surface area contributed by atoms with E-state index in [0.29, 0.717) is 0 Å². The number of hydrogen-bond acceptors (Lipinski definition) is 3. The van der Waals surface area contributed by atoms with E-state index in [1.165, 1.54) is 11.1 Å². The van der Waals surface area contributed by atoms with Gasteiger partial charge in [0, 0.05) is 6.04 Å². The lowest BCUT2D eigenvalue weighted by molar-refractivity contribution is 0.380. The number of rotatable bonds is 4. The normalized spacial score (nSPS) is 14.4. The molecule has 2 rings (SSSR count). The van der Waals surface area contributed by atoms with Crippen LogP contribution in [0.15, 0.2) is 34.9 Å². The Bertz CT molecular complexity index is 519. The van der Waals surface area contributed by atoms with Gasteiger partial charge in [0.25, 0.3) is 0 Å². The molecule has 3 heteroatoms. The minimum absolute atomic E-state index is 0.105. The number of oxazole rings is 1. The lowest BCUT2D eigenvalue weighted by Gasteiger charge is -2.19. The third-order valence-electron chi connectivity index (χ3n) is 3.16. The van der Waals surface area contributed by atoms with Crippen LogP contribution in [-0.4, -0.2) is 4.98 Å². The molecular formula is C15H20N2O. The minimum atomic E-state index is 0.105. The molecule has 18 heavy (non-hydrogen) atoms. The van der Waals surface area contributed by atoms with Gasteiger partial charge in [-0.1, -0.05) is 24.3 Å². The van der Waals surface area contributed by atoms with Crippen molar-refractivity contribution in [2.45, 2.75) is 39.8 Å². The first-order valence-electron chi connectivity index (χ1n) is 6.32. The molecule has 2 unspecified atom stereocenters. The van der Waals surface area contributed by atoms with E-state index in [9.17, 15) is 0 Å². The molecule has 1 N–H and O–H groups in total. The summed E-state index contributed by atoms with van der Waals surface area (Å²) in [5.41, 5.74) is 2.61. The van der Waals surface area contributed by atoms with Crippen LogP contribution in [0.3, 0.4) is 0 Å². The molecule has 96 valence electrons. The number of aryl methyl sites for hydroxylation is 2. The Morgan fingerprint density at radius 3 is 2.44 bits per heavy atom.